The van der Waals surface area contributed by atoms with Gasteiger partial charge in [-0.05, 0) is 31.0 Å². The Morgan fingerprint density at radius 2 is 2.12 bits per heavy atom. The van der Waals surface area contributed by atoms with E-state index in [1.54, 1.807) is 31.2 Å². The van der Waals surface area contributed by atoms with Crippen molar-refractivity contribution in [3.05, 3.63) is 29.8 Å². The summed E-state index contributed by atoms with van der Waals surface area (Å²) < 4.78 is 4.86. The molecule has 0 aliphatic heterocycles. The molecule has 0 aliphatic carbocycles. The highest BCUT2D eigenvalue weighted by atomic mass is 16.5. The summed E-state index contributed by atoms with van der Waals surface area (Å²) in [6.45, 7) is 2.07. The highest BCUT2D eigenvalue weighted by molar-refractivity contribution is 5.76. The third kappa shape index (κ3) is 3.52. The maximum absolute atomic E-state index is 11.4. The van der Waals surface area contributed by atoms with E-state index in [1.807, 2.05) is 0 Å². The number of nitrogens with one attached hydrogen (secondary N) is 1. The molecule has 0 unspecified atom stereocenters. The molecule has 1 atom stereocenters. The monoisotopic (exact) mass is 224 g/mol. The lowest BCUT2D eigenvalue weighted by molar-refractivity contribution is -0.145. The number of ether oxygens (including phenoxy) is 1. The molecule has 1 rings (SSSR count). The van der Waals surface area contributed by atoms with E-state index in [0.29, 0.717) is 13.0 Å². The van der Waals surface area contributed by atoms with Gasteiger partial charge in [0.05, 0.1) is 6.61 Å². The summed E-state index contributed by atoms with van der Waals surface area (Å²) in [5, 5.41) is 9.11. The van der Waals surface area contributed by atoms with Crippen molar-refractivity contribution in [2.24, 2.45) is 5.84 Å². The molecule has 4 N–H and O–H groups in total. The molecule has 0 amide bonds. The van der Waals surface area contributed by atoms with Gasteiger partial charge in [-0.25, -0.2) is 5.43 Å². The van der Waals surface area contributed by atoms with E-state index in [-0.39, 0.29) is 11.7 Å². The Balaban J connectivity index is 2.62. The molecule has 5 nitrogen and oxygen atoms in total. The van der Waals surface area contributed by atoms with E-state index < -0.39 is 6.04 Å². The van der Waals surface area contributed by atoms with Crippen LogP contribution < -0.4 is 11.3 Å². The minimum absolute atomic E-state index is 0.192. The van der Waals surface area contributed by atoms with Gasteiger partial charge in [-0.1, -0.05) is 12.1 Å². The second kappa shape index (κ2) is 6.09. The van der Waals surface area contributed by atoms with Crippen LogP contribution in [0.5, 0.6) is 5.75 Å². The van der Waals surface area contributed by atoms with Crippen molar-refractivity contribution >= 4 is 5.97 Å². The molecule has 0 spiro atoms. The Kier molecular flexibility index (Phi) is 4.75. The standard InChI is InChI=1S/C11H16N2O3/c1-2-16-11(15)10(13-12)7-8-3-5-9(14)6-4-8/h3-6,10,13-14H,2,7,12H2,1H3/t10-/m0/s1. The first-order valence-electron chi connectivity index (χ1n) is 5.08. The van der Waals surface area contributed by atoms with Gasteiger partial charge < -0.3 is 9.84 Å². The number of carbonyl (C=O) groups is 1. The number of nitrogens with two attached hydrogens (primary N) is 1. The Morgan fingerprint density at radius 1 is 1.50 bits per heavy atom. The van der Waals surface area contributed by atoms with Crippen LogP contribution in [0.1, 0.15) is 12.5 Å². The van der Waals surface area contributed by atoms with Crippen LogP contribution in [0.15, 0.2) is 24.3 Å². The van der Waals surface area contributed by atoms with Gasteiger partial charge >= 0.3 is 5.97 Å². The van der Waals surface area contributed by atoms with Gasteiger partial charge in [0.25, 0.3) is 0 Å². The molecule has 16 heavy (non-hydrogen) atoms. The predicted molar refractivity (Wildman–Crippen MR) is 59.6 cm³/mol. The molecule has 0 radical (unpaired) electrons. The number of hydrogen-bond donors (Lipinski definition) is 3. The van der Waals surface area contributed by atoms with Gasteiger partial charge in [0.15, 0.2) is 0 Å². The van der Waals surface area contributed by atoms with Gasteiger partial charge in [-0.2, -0.15) is 0 Å². The summed E-state index contributed by atoms with van der Waals surface area (Å²) in [5.74, 6) is 5.10. The Hall–Kier alpha value is -1.59. The molecular weight excluding hydrogens is 208 g/mol. The number of hydrogen-bond acceptors (Lipinski definition) is 5. The average molecular weight is 224 g/mol. The molecule has 0 bridgehead atoms. The van der Waals surface area contributed by atoms with Crippen LogP contribution >= 0.6 is 0 Å². The number of hydrazine groups is 1. The lowest BCUT2D eigenvalue weighted by atomic mass is 10.1. The smallest absolute Gasteiger partial charge is 0.324 e. The minimum Gasteiger partial charge on any atom is -0.508 e. The zero-order valence-electron chi connectivity index (χ0n) is 9.14. The summed E-state index contributed by atoms with van der Waals surface area (Å²) in [6, 6.07) is 6.03. The fraction of sp³-hybridized carbons (Fsp3) is 0.364. The third-order valence-corrected chi connectivity index (χ3v) is 2.15. The van der Waals surface area contributed by atoms with Crippen molar-refractivity contribution in [1.29, 1.82) is 0 Å². The summed E-state index contributed by atoms with van der Waals surface area (Å²) in [6.07, 6.45) is 0.426. The molecule has 0 saturated heterocycles. The lowest BCUT2D eigenvalue weighted by Crippen LogP contribution is -2.43. The molecule has 0 aromatic heterocycles. The van der Waals surface area contributed by atoms with Crippen LogP contribution in [0.4, 0.5) is 0 Å². The first-order chi connectivity index (χ1) is 7.67. The van der Waals surface area contributed by atoms with Crippen molar-refractivity contribution in [2.45, 2.75) is 19.4 Å². The van der Waals surface area contributed by atoms with Gasteiger partial charge in [0.1, 0.15) is 11.8 Å². The highest BCUT2D eigenvalue weighted by Crippen LogP contribution is 2.11. The number of aromatic hydroxyl groups is 1. The van der Waals surface area contributed by atoms with E-state index in [0.717, 1.165) is 5.56 Å². The zero-order valence-corrected chi connectivity index (χ0v) is 9.14. The molecule has 88 valence electrons. The second-order valence-electron chi connectivity index (χ2n) is 3.34. The van der Waals surface area contributed by atoms with Crippen LogP contribution in [-0.2, 0) is 16.0 Å². The quantitative estimate of drug-likeness (QED) is 0.381. The summed E-state index contributed by atoms with van der Waals surface area (Å²) in [4.78, 5) is 11.4. The highest BCUT2D eigenvalue weighted by Gasteiger charge is 2.18. The summed E-state index contributed by atoms with van der Waals surface area (Å²) in [7, 11) is 0. The topological polar surface area (TPSA) is 84.6 Å². The molecule has 0 fully saturated rings. The van der Waals surface area contributed by atoms with Crippen LogP contribution in [-0.4, -0.2) is 23.7 Å². The number of benzene rings is 1. The number of phenols is 1. The van der Waals surface area contributed by atoms with E-state index >= 15 is 0 Å². The van der Waals surface area contributed by atoms with Gasteiger partial charge in [0.2, 0.25) is 0 Å². The number of phenolic OH excluding ortho intramolecular Hbond substituents is 1. The minimum atomic E-state index is -0.565. The summed E-state index contributed by atoms with van der Waals surface area (Å²) >= 11 is 0. The van der Waals surface area contributed by atoms with Gasteiger partial charge in [0, 0.05) is 0 Å². The van der Waals surface area contributed by atoms with E-state index in [4.69, 9.17) is 15.7 Å². The van der Waals surface area contributed by atoms with Crippen LogP contribution in [0.3, 0.4) is 0 Å². The van der Waals surface area contributed by atoms with Gasteiger partial charge in [-0.15, -0.1) is 0 Å². The van der Waals surface area contributed by atoms with Crippen molar-refractivity contribution in [3.8, 4) is 5.75 Å². The molecule has 5 heteroatoms. The van der Waals surface area contributed by atoms with Crippen molar-refractivity contribution in [3.63, 3.8) is 0 Å². The SMILES string of the molecule is CCOC(=O)[C@H](Cc1ccc(O)cc1)NN. The van der Waals surface area contributed by atoms with Crippen molar-refractivity contribution < 1.29 is 14.6 Å². The number of rotatable bonds is 5. The third-order valence-electron chi connectivity index (χ3n) is 2.15. The molecular formula is C11H16N2O3. The van der Waals surface area contributed by atoms with E-state index in [1.165, 1.54) is 0 Å². The number of carbonyl (C=O) groups excluding carboxylic acids is 1. The zero-order chi connectivity index (χ0) is 12.0. The fourth-order valence-electron chi connectivity index (χ4n) is 1.32. The first kappa shape index (κ1) is 12.5. The maximum Gasteiger partial charge on any atom is 0.324 e. The largest absolute Gasteiger partial charge is 0.508 e. The predicted octanol–water partition coefficient (Wildman–Crippen LogP) is 0.330. The molecule has 0 heterocycles. The first-order valence-corrected chi connectivity index (χ1v) is 5.08. The second-order valence-corrected chi connectivity index (χ2v) is 3.34. The number of esters is 1. The van der Waals surface area contributed by atoms with E-state index in [2.05, 4.69) is 5.43 Å². The van der Waals surface area contributed by atoms with Crippen molar-refractivity contribution in [2.75, 3.05) is 6.61 Å². The lowest BCUT2D eigenvalue weighted by Gasteiger charge is -2.14. The fourth-order valence-corrected chi connectivity index (χ4v) is 1.32. The van der Waals surface area contributed by atoms with Gasteiger partial charge in [-0.3, -0.25) is 10.6 Å². The Bertz CT molecular complexity index is 338. The Morgan fingerprint density at radius 3 is 2.62 bits per heavy atom. The van der Waals surface area contributed by atoms with Crippen LogP contribution in [0, 0.1) is 0 Å². The van der Waals surface area contributed by atoms with Crippen LogP contribution in [0.25, 0.3) is 0 Å². The molecule has 0 aliphatic rings. The molecule has 1 aromatic carbocycles. The van der Waals surface area contributed by atoms with Crippen LogP contribution in [0.2, 0.25) is 0 Å². The normalized spacial score (nSPS) is 12.1. The Labute approximate surface area is 94.2 Å². The summed E-state index contributed by atoms with van der Waals surface area (Å²) in [5.41, 5.74) is 3.31. The average Bonchev–Trinajstić information content (AvgIpc) is 2.28. The van der Waals surface area contributed by atoms with Crippen molar-refractivity contribution in [1.82, 2.24) is 5.43 Å². The maximum atomic E-state index is 11.4. The van der Waals surface area contributed by atoms with E-state index in [9.17, 15) is 4.79 Å². The molecule has 1 aromatic rings. The molecule has 0 saturated carbocycles.